The van der Waals surface area contributed by atoms with Crippen LogP contribution in [0.5, 0.6) is 0 Å². The van der Waals surface area contributed by atoms with Crippen LogP contribution in [0.1, 0.15) is 16.1 Å². The molecule has 0 aromatic carbocycles. The number of carbonyl (C=O) groups is 1. The zero-order valence-corrected chi connectivity index (χ0v) is 11.6. The van der Waals surface area contributed by atoms with Crippen molar-refractivity contribution in [2.75, 3.05) is 5.32 Å². The summed E-state index contributed by atoms with van der Waals surface area (Å²) in [4.78, 5) is 16.0. The highest BCUT2D eigenvalue weighted by molar-refractivity contribution is 14.1. The van der Waals surface area contributed by atoms with Crippen molar-refractivity contribution in [3.8, 4) is 0 Å². The van der Waals surface area contributed by atoms with Gasteiger partial charge in [0.15, 0.2) is 0 Å². The number of hydrogen-bond acceptors (Lipinski definition) is 3. The SMILES string of the molecule is Cc1c(C(=O)Nc2ccc(I)cn2)cnn1C. The van der Waals surface area contributed by atoms with Crippen LogP contribution in [0.4, 0.5) is 5.82 Å². The van der Waals surface area contributed by atoms with Crippen LogP contribution in [0.15, 0.2) is 24.5 Å². The molecule has 0 unspecified atom stereocenters. The summed E-state index contributed by atoms with van der Waals surface area (Å²) < 4.78 is 2.69. The zero-order chi connectivity index (χ0) is 12.4. The molecule has 2 aromatic heterocycles. The smallest absolute Gasteiger partial charge is 0.260 e. The predicted molar refractivity (Wildman–Crippen MR) is 72.9 cm³/mol. The number of anilines is 1. The lowest BCUT2D eigenvalue weighted by atomic mass is 10.2. The summed E-state index contributed by atoms with van der Waals surface area (Å²) in [6.07, 6.45) is 3.25. The van der Waals surface area contributed by atoms with E-state index < -0.39 is 0 Å². The van der Waals surface area contributed by atoms with Crippen molar-refractivity contribution in [2.24, 2.45) is 7.05 Å². The number of aryl methyl sites for hydroxylation is 1. The Labute approximate surface area is 112 Å². The second-order valence-electron chi connectivity index (χ2n) is 3.58. The molecule has 6 heteroatoms. The van der Waals surface area contributed by atoms with Gasteiger partial charge in [0.1, 0.15) is 5.82 Å². The van der Waals surface area contributed by atoms with E-state index in [9.17, 15) is 4.79 Å². The van der Waals surface area contributed by atoms with Gasteiger partial charge in [0.2, 0.25) is 0 Å². The molecule has 0 radical (unpaired) electrons. The molecule has 2 heterocycles. The Bertz CT molecular complexity index is 547. The number of pyridine rings is 1. The molecule has 0 aliphatic heterocycles. The zero-order valence-electron chi connectivity index (χ0n) is 9.44. The summed E-state index contributed by atoms with van der Waals surface area (Å²) in [6, 6.07) is 3.66. The van der Waals surface area contributed by atoms with Crippen molar-refractivity contribution in [1.82, 2.24) is 14.8 Å². The lowest BCUT2D eigenvalue weighted by Crippen LogP contribution is -2.13. The summed E-state index contributed by atoms with van der Waals surface area (Å²) in [5, 5.41) is 6.76. The van der Waals surface area contributed by atoms with Gasteiger partial charge in [-0.1, -0.05) is 0 Å². The third-order valence-corrected chi connectivity index (χ3v) is 3.09. The van der Waals surface area contributed by atoms with Gasteiger partial charge in [0, 0.05) is 22.5 Å². The minimum absolute atomic E-state index is 0.190. The molecule has 0 aliphatic carbocycles. The predicted octanol–water partition coefficient (Wildman–Crippen LogP) is 1.98. The van der Waals surface area contributed by atoms with Crippen LogP contribution in [-0.2, 0) is 7.05 Å². The van der Waals surface area contributed by atoms with Crippen LogP contribution < -0.4 is 5.32 Å². The van der Waals surface area contributed by atoms with Gasteiger partial charge in [-0.3, -0.25) is 9.48 Å². The van der Waals surface area contributed by atoms with Gasteiger partial charge in [-0.25, -0.2) is 4.98 Å². The van der Waals surface area contributed by atoms with Crippen LogP contribution >= 0.6 is 22.6 Å². The van der Waals surface area contributed by atoms with Crippen LogP contribution in [0.3, 0.4) is 0 Å². The molecule has 1 amide bonds. The summed E-state index contributed by atoms with van der Waals surface area (Å²) in [5.41, 5.74) is 1.39. The highest BCUT2D eigenvalue weighted by Gasteiger charge is 2.13. The maximum atomic E-state index is 11.9. The molecular weight excluding hydrogens is 331 g/mol. The molecule has 17 heavy (non-hydrogen) atoms. The maximum absolute atomic E-state index is 11.9. The molecule has 0 aliphatic rings. The quantitative estimate of drug-likeness (QED) is 0.849. The number of rotatable bonds is 2. The first kappa shape index (κ1) is 12.0. The second kappa shape index (κ2) is 4.82. The fraction of sp³-hybridized carbons (Fsp3) is 0.182. The number of nitrogens with one attached hydrogen (secondary N) is 1. The van der Waals surface area contributed by atoms with E-state index >= 15 is 0 Å². The van der Waals surface area contributed by atoms with Gasteiger partial charge in [-0.05, 0) is 41.6 Å². The minimum atomic E-state index is -0.190. The topological polar surface area (TPSA) is 59.8 Å². The van der Waals surface area contributed by atoms with Crippen LogP contribution in [0.25, 0.3) is 0 Å². The Kier molecular flexibility index (Phi) is 3.41. The Morgan fingerprint density at radius 2 is 2.18 bits per heavy atom. The largest absolute Gasteiger partial charge is 0.306 e. The van der Waals surface area contributed by atoms with Gasteiger partial charge in [-0.2, -0.15) is 5.10 Å². The van der Waals surface area contributed by atoms with Crippen molar-refractivity contribution < 1.29 is 4.79 Å². The molecule has 0 atom stereocenters. The van der Waals surface area contributed by atoms with E-state index in [1.807, 2.05) is 13.0 Å². The molecule has 88 valence electrons. The highest BCUT2D eigenvalue weighted by Crippen LogP contribution is 2.11. The third kappa shape index (κ3) is 2.63. The van der Waals surface area contributed by atoms with Gasteiger partial charge < -0.3 is 5.32 Å². The molecule has 0 bridgehead atoms. The molecule has 0 fully saturated rings. The summed E-state index contributed by atoms with van der Waals surface area (Å²) >= 11 is 2.16. The monoisotopic (exact) mass is 342 g/mol. The number of hydrogen-bond donors (Lipinski definition) is 1. The lowest BCUT2D eigenvalue weighted by Gasteiger charge is -2.03. The Balaban J connectivity index is 2.17. The van der Waals surface area contributed by atoms with E-state index in [0.29, 0.717) is 11.4 Å². The van der Waals surface area contributed by atoms with Crippen LogP contribution in [0, 0.1) is 10.5 Å². The Morgan fingerprint density at radius 1 is 1.41 bits per heavy atom. The standard InChI is InChI=1S/C11H11IN4O/c1-7-9(6-14-16(7)2)11(17)15-10-4-3-8(12)5-13-10/h3-6H,1-2H3,(H,13,15,17). The highest BCUT2D eigenvalue weighted by atomic mass is 127. The second-order valence-corrected chi connectivity index (χ2v) is 4.83. The van der Waals surface area contributed by atoms with E-state index in [1.54, 1.807) is 30.2 Å². The maximum Gasteiger partial charge on any atom is 0.260 e. The van der Waals surface area contributed by atoms with E-state index in [0.717, 1.165) is 9.26 Å². The molecule has 0 saturated heterocycles. The fourth-order valence-corrected chi connectivity index (χ4v) is 1.67. The minimum Gasteiger partial charge on any atom is -0.306 e. The van der Waals surface area contributed by atoms with E-state index in [1.165, 1.54) is 0 Å². The van der Waals surface area contributed by atoms with Gasteiger partial charge in [0.25, 0.3) is 5.91 Å². The molecule has 2 aromatic rings. The summed E-state index contributed by atoms with van der Waals surface area (Å²) in [7, 11) is 1.80. The Morgan fingerprint density at radius 3 is 2.71 bits per heavy atom. The van der Waals surface area contributed by atoms with Gasteiger partial charge in [-0.15, -0.1) is 0 Å². The van der Waals surface area contributed by atoms with Crippen molar-refractivity contribution >= 4 is 34.3 Å². The van der Waals surface area contributed by atoms with E-state index in [4.69, 9.17) is 0 Å². The Hall–Kier alpha value is -1.44. The summed E-state index contributed by atoms with van der Waals surface area (Å²) in [5.74, 6) is 0.350. The van der Waals surface area contributed by atoms with E-state index in [2.05, 4.69) is 38.0 Å². The molecule has 5 nitrogen and oxygen atoms in total. The number of halogens is 1. The molecule has 1 N–H and O–H groups in total. The van der Waals surface area contributed by atoms with Crippen molar-refractivity contribution in [2.45, 2.75) is 6.92 Å². The van der Waals surface area contributed by atoms with Crippen molar-refractivity contribution in [3.63, 3.8) is 0 Å². The van der Waals surface area contributed by atoms with Crippen molar-refractivity contribution in [3.05, 3.63) is 39.4 Å². The van der Waals surface area contributed by atoms with Crippen LogP contribution in [0.2, 0.25) is 0 Å². The first-order chi connectivity index (χ1) is 8.08. The molecular formula is C11H11IN4O. The van der Waals surface area contributed by atoms with Crippen molar-refractivity contribution in [1.29, 1.82) is 0 Å². The first-order valence-corrected chi connectivity index (χ1v) is 6.07. The molecule has 0 spiro atoms. The third-order valence-electron chi connectivity index (χ3n) is 2.45. The number of amides is 1. The number of carbonyl (C=O) groups excluding carboxylic acids is 1. The lowest BCUT2D eigenvalue weighted by molar-refractivity contribution is 0.102. The number of nitrogens with zero attached hydrogens (tertiary/aromatic N) is 3. The summed E-state index contributed by atoms with van der Waals surface area (Å²) in [6.45, 7) is 1.85. The molecule has 0 saturated carbocycles. The first-order valence-electron chi connectivity index (χ1n) is 4.99. The fourth-order valence-electron chi connectivity index (χ4n) is 1.36. The normalized spacial score (nSPS) is 10.3. The van der Waals surface area contributed by atoms with E-state index in [-0.39, 0.29) is 5.91 Å². The van der Waals surface area contributed by atoms with Crippen LogP contribution in [-0.4, -0.2) is 20.7 Å². The number of aromatic nitrogens is 3. The average Bonchev–Trinajstić information content (AvgIpc) is 2.63. The molecule has 2 rings (SSSR count). The van der Waals surface area contributed by atoms with Gasteiger partial charge in [0.05, 0.1) is 11.8 Å². The average molecular weight is 342 g/mol. The van der Waals surface area contributed by atoms with Gasteiger partial charge >= 0.3 is 0 Å².